The molecule has 1 aliphatic carbocycles. The SMILES string of the molecule is Cc1ccccc1OCC(=O)NCCC(O)C1CC1. The average molecular weight is 263 g/mol. The summed E-state index contributed by atoms with van der Waals surface area (Å²) in [5.41, 5.74) is 1.01. The highest BCUT2D eigenvalue weighted by Gasteiger charge is 2.29. The van der Waals surface area contributed by atoms with Gasteiger partial charge >= 0.3 is 0 Å². The van der Waals surface area contributed by atoms with Crippen molar-refractivity contribution in [3.8, 4) is 5.75 Å². The van der Waals surface area contributed by atoms with Crippen molar-refractivity contribution in [2.45, 2.75) is 32.3 Å². The van der Waals surface area contributed by atoms with E-state index in [1.165, 1.54) is 0 Å². The minimum absolute atomic E-state index is 0.0182. The number of aliphatic hydroxyl groups excluding tert-OH is 1. The number of hydrogen-bond donors (Lipinski definition) is 2. The summed E-state index contributed by atoms with van der Waals surface area (Å²) in [4.78, 5) is 11.6. The van der Waals surface area contributed by atoms with E-state index in [1.807, 2.05) is 31.2 Å². The van der Waals surface area contributed by atoms with Crippen LogP contribution in [-0.2, 0) is 4.79 Å². The van der Waals surface area contributed by atoms with Gasteiger partial charge in [-0.05, 0) is 43.7 Å². The Morgan fingerprint density at radius 2 is 2.21 bits per heavy atom. The Morgan fingerprint density at radius 3 is 2.89 bits per heavy atom. The number of benzene rings is 1. The Hall–Kier alpha value is -1.55. The summed E-state index contributed by atoms with van der Waals surface area (Å²) in [5.74, 6) is 1.04. The number of para-hydroxylation sites is 1. The second-order valence-electron chi connectivity index (χ2n) is 5.10. The van der Waals surface area contributed by atoms with E-state index in [1.54, 1.807) is 0 Å². The van der Waals surface area contributed by atoms with E-state index >= 15 is 0 Å². The van der Waals surface area contributed by atoms with Crippen molar-refractivity contribution >= 4 is 5.91 Å². The topological polar surface area (TPSA) is 58.6 Å². The molecule has 0 heterocycles. The van der Waals surface area contributed by atoms with Crippen molar-refractivity contribution in [1.82, 2.24) is 5.32 Å². The van der Waals surface area contributed by atoms with Crippen LogP contribution in [0.3, 0.4) is 0 Å². The van der Waals surface area contributed by atoms with Gasteiger partial charge < -0.3 is 15.2 Å². The molecule has 1 atom stereocenters. The standard InChI is InChI=1S/C15H21NO3/c1-11-4-2-3-5-14(11)19-10-15(18)16-9-8-13(17)12-6-7-12/h2-5,12-13,17H,6-10H2,1H3,(H,16,18). The van der Waals surface area contributed by atoms with Crippen LogP contribution in [0.5, 0.6) is 5.75 Å². The molecule has 0 aliphatic heterocycles. The Bertz CT molecular complexity index is 429. The predicted octanol–water partition coefficient (Wildman–Crippen LogP) is 1.65. The molecule has 1 aromatic rings. The Kier molecular flexibility index (Phi) is 4.80. The number of rotatable bonds is 7. The van der Waals surface area contributed by atoms with E-state index in [-0.39, 0.29) is 18.6 Å². The van der Waals surface area contributed by atoms with Gasteiger partial charge in [0, 0.05) is 6.54 Å². The molecule has 19 heavy (non-hydrogen) atoms. The number of carbonyl (C=O) groups is 1. The molecule has 0 bridgehead atoms. The predicted molar refractivity (Wildman–Crippen MR) is 73.0 cm³/mol. The van der Waals surface area contributed by atoms with Gasteiger partial charge in [0.05, 0.1) is 6.10 Å². The smallest absolute Gasteiger partial charge is 0.257 e. The molecule has 1 aromatic carbocycles. The van der Waals surface area contributed by atoms with E-state index in [4.69, 9.17) is 4.74 Å². The molecule has 1 fully saturated rings. The number of carbonyl (C=O) groups excluding carboxylic acids is 1. The van der Waals surface area contributed by atoms with Crippen LogP contribution < -0.4 is 10.1 Å². The summed E-state index contributed by atoms with van der Waals surface area (Å²) < 4.78 is 5.44. The maximum Gasteiger partial charge on any atom is 0.257 e. The van der Waals surface area contributed by atoms with E-state index < -0.39 is 0 Å². The van der Waals surface area contributed by atoms with Gasteiger partial charge in [-0.3, -0.25) is 4.79 Å². The fourth-order valence-electron chi connectivity index (χ4n) is 1.99. The third-order valence-electron chi connectivity index (χ3n) is 3.38. The molecule has 4 heteroatoms. The Morgan fingerprint density at radius 1 is 1.47 bits per heavy atom. The van der Waals surface area contributed by atoms with Crippen LogP contribution in [0, 0.1) is 12.8 Å². The molecule has 1 saturated carbocycles. The van der Waals surface area contributed by atoms with Crippen molar-refractivity contribution in [3.63, 3.8) is 0 Å². The third kappa shape index (κ3) is 4.56. The molecule has 0 spiro atoms. The number of aliphatic hydroxyl groups is 1. The van der Waals surface area contributed by atoms with Crippen LogP contribution in [0.4, 0.5) is 0 Å². The fourth-order valence-corrected chi connectivity index (χ4v) is 1.99. The van der Waals surface area contributed by atoms with Crippen LogP contribution in [0.15, 0.2) is 24.3 Å². The zero-order valence-corrected chi connectivity index (χ0v) is 11.3. The van der Waals surface area contributed by atoms with Gasteiger partial charge in [0.2, 0.25) is 0 Å². The number of aryl methyl sites for hydroxylation is 1. The lowest BCUT2D eigenvalue weighted by atomic mass is 10.2. The summed E-state index contributed by atoms with van der Waals surface area (Å²) in [7, 11) is 0. The molecule has 104 valence electrons. The van der Waals surface area contributed by atoms with Crippen LogP contribution in [-0.4, -0.2) is 30.3 Å². The summed E-state index contributed by atoms with van der Waals surface area (Å²) >= 11 is 0. The molecule has 0 radical (unpaired) electrons. The lowest BCUT2D eigenvalue weighted by Gasteiger charge is -2.11. The van der Waals surface area contributed by atoms with Crippen molar-refractivity contribution in [2.24, 2.45) is 5.92 Å². The maximum absolute atomic E-state index is 11.6. The summed E-state index contributed by atoms with van der Waals surface area (Å²) in [6.07, 6.45) is 2.59. The van der Waals surface area contributed by atoms with E-state index in [9.17, 15) is 9.90 Å². The lowest BCUT2D eigenvalue weighted by molar-refractivity contribution is -0.123. The quantitative estimate of drug-likeness (QED) is 0.786. The zero-order chi connectivity index (χ0) is 13.7. The number of ether oxygens (including phenoxy) is 1. The minimum Gasteiger partial charge on any atom is -0.484 e. The van der Waals surface area contributed by atoms with Gasteiger partial charge in [-0.25, -0.2) is 0 Å². The highest BCUT2D eigenvalue weighted by atomic mass is 16.5. The maximum atomic E-state index is 11.6. The van der Waals surface area contributed by atoms with E-state index in [2.05, 4.69) is 5.32 Å². The molecule has 1 aliphatic rings. The van der Waals surface area contributed by atoms with Gasteiger partial charge in [-0.1, -0.05) is 18.2 Å². The fraction of sp³-hybridized carbons (Fsp3) is 0.533. The summed E-state index contributed by atoms with van der Waals surface area (Å²) in [5, 5.41) is 12.4. The summed E-state index contributed by atoms with van der Waals surface area (Å²) in [6, 6.07) is 7.60. The minimum atomic E-state index is -0.266. The van der Waals surface area contributed by atoms with Gasteiger partial charge in [0.15, 0.2) is 6.61 Å². The second kappa shape index (κ2) is 6.57. The molecule has 4 nitrogen and oxygen atoms in total. The van der Waals surface area contributed by atoms with Crippen LogP contribution in [0.2, 0.25) is 0 Å². The van der Waals surface area contributed by atoms with Crippen molar-refractivity contribution < 1.29 is 14.6 Å². The van der Waals surface area contributed by atoms with E-state index in [0.29, 0.717) is 18.9 Å². The molecule has 1 unspecified atom stereocenters. The number of hydrogen-bond acceptors (Lipinski definition) is 3. The number of nitrogens with one attached hydrogen (secondary N) is 1. The van der Waals surface area contributed by atoms with Crippen LogP contribution in [0.1, 0.15) is 24.8 Å². The van der Waals surface area contributed by atoms with Crippen molar-refractivity contribution in [1.29, 1.82) is 0 Å². The zero-order valence-electron chi connectivity index (χ0n) is 11.3. The Balaban J connectivity index is 1.63. The molecule has 1 amide bonds. The molecule has 2 N–H and O–H groups in total. The molecule has 0 aromatic heterocycles. The van der Waals surface area contributed by atoms with Gasteiger partial charge in [-0.2, -0.15) is 0 Å². The molecule has 0 saturated heterocycles. The summed E-state index contributed by atoms with van der Waals surface area (Å²) in [6.45, 7) is 2.47. The second-order valence-corrected chi connectivity index (χ2v) is 5.10. The van der Waals surface area contributed by atoms with Gasteiger partial charge in [-0.15, -0.1) is 0 Å². The number of amides is 1. The van der Waals surface area contributed by atoms with Crippen molar-refractivity contribution in [3.05, 3.63) is 29.8 Å². The van der Waals surface area contributed by atoms with Crippen molar-refractivity contribution in [2.75, 3.05) is 13.2 Å². The Labute approximate surface area is 113 Å². The van der Waals surface area contributed by atoms with Gasteiger partial charge in [0.1, 0.15) is 5.75 Å². The third-order valence-corrected chi connectivity index (χ3v) is 3.38. The molecular formula is C15H21NO3. The van der Waals surface area contributed by atoms with Crippen LogP contribution in [0.25, 0.3) is 0 Å². The molecule has 2 rings (SSSR count). The first-order valence-corrected chi connectivity index (χ1v) is 6.80. The first-order chi connectivity index (χ1) is 9.16. The lowest BCUT2D eigenvalue weighted by Crippen LogP contribution is -2.31. The molecular weight excluding hydrogens is 242 g/mol. The monoisotopic (exact) mass is 263 g/mol. The largest absolute Gasteiger partial charge is 0.484 e. The van der Waals surface area contributed by atoms with E-state index in [0.717, 1.165) is 24.2 Å². The normalized spacial score (nSPS) is 15.9. The highest BCUT2D eigenvalue weighted by molar-refractivity contribution is 5.77. The highest BCUT2D eigenvalue weighted by Crippen LogP contribution is 2.33. The first-order valence-electron chi connectivity index (χ1n) is 6.80. The average Bonchev–Trinajstić information content (AvgIpc) is 3.22. The first kappa shape index (κ1) is 13.9. The van der Waals surface area contributed by atoms with Gasteiger partial charge in [0.25, 0.3) is 5.91 Å². The van der Waals surface area contributed by atoms with Crippen LogP contribution >= 0.6 is 0 Å².